The van der Waals surface area contributed by atoms with Gasteiger partial charge < -0.3 is 9.67 Å². The first-order valence-electron chi connectivity index (χ1n) is 7.03. The summed E-state index contributed by atoms with van der Waals surface area (Å²) in [4.78, 5) is 4.69. The lowest BCUT2D eigenvalue weighted by Gasteiger charge is -2.17. The molecular weight excluding hydrogens is 256 g/mol. The molecule has 1 aromatic carbocycles. The van der Waals surface area contributed by atoms with Crippen molar-refractivity contribution < 1.29 is 5.11 Å². The summed E-state index contributed by atoms with van der Waals surface area (Å²) in [6, 6.07) is 8.21. The molecular formula is C15H20N2OS. The standard InChI is InChI=1S/C15H20N2OS/c1-2-17-12-7-4-3-6-11(12)16-15(17)10-13(18)14-8-5-9-19-14/h3-4,6-7,13-14,18H,2,5,8-10H2,1H3. The van der Waals surface area contributed by atoms with E-state index in [1.54, 1.807) is 0 Å². The van der Waals surface area contributed by atoms with Crippen LogP contribution in [0.3, 0.4) is 0 Å². The minimum atomic E-state index is -0.269. The Morgan fingerprint density at radius 3 is 3.05 bits per heavy atom. The summed E-state index contributed by atoms with van der Waals surface area (Å²) in [5.74, 6) is 2.20. The van der Waals surface area contributed by atoms with Crippen LogP contribution in [0, 0.1) is 0 Å². The fourth-order valence-electron chi connectivity index (χ4n) is 2.86. The maximum Gasteiger partial charge on any atom is 0.112 e. The van der Waals surface area contributed by atoms with Gasteiger partial charge in [-0.2, -0.15) is 11.8 Å². The summed E-state index contributed by atoms with van der Waals surface area (Å²) >= 11 is 1.90. The minimum absolute atomic E-state index is 0.269. The van der Waals surface area contributed by atoms with Crippen molar-refractivity contribution in [3.63, 3.8) is 0 Å². The number of benzene rings is 1. The van der Waals surface area contributed by atoms with E-state index in [-0.39, 0.29) is 6.10 Å². The third-order valence-corrected chi connectivity index (χ3v) is 5.34. The predicted octanol–water partition coefficient (Wildman–Crippen LogP) is 2.86. The van der Waals surface area contributed by atoms with Gasteiger partial charge in [-0.15, -0.1) is 0 Å². The number of fused-ring (bicyclic) bond motifs is 1. The van der Waals surface area contributed by atoms with Crippen LogP contribution >= 0.6 is 11.8 Å². The third kappa shape index (κ3) is 2.51. The summed E-state index contributed by atoms with van der Waals surface area (Å²) in [7, 11) is 0. The zero-order valence-corrected chi connectivity index (χ0v) is 12.1. The van der Waals surface area contributed by atoms with Crippen LogP contribution in [0.5, 0.6) is 0 Å². The molecule has 0 spiro atoms. The van der Waals surface area contributed by atoms with Gasteiger partial charge in [-0.05, 0) is 37.7 Å². The Morgan fingerprint density at radius 2 is 2.32 bits per heavy atom. The van der Waals surface area contributed by atoms with E-state index in [2.05, 4.69) is 22.5 Å². The summed E-state index contributed by atoms with van der Waals surface area (Å²) < 4.78 is 2.22. The first kappa shape index (κ1) is 13.0. The highest BCUT2D eigenvalue weighted by Crippen LogP contribution is 2.30. The predicted molar refractivity (Wildman–Crippen MR) is 80.6 cm³/mol. The molecule has 19 heavy (non-hydrogen) atoms. The highest BCUT2D eigenvalue weighted by Gasteiger charge is 2.25. The smallest absolute Gasteiger partial charge is 0.112 e. The Labute approximate surface area is 118 Å². The first-order valence-corrected chi connectivity index (χ1v) is 8.08. The number of hydrogen-bond acceptors (Lipinski definition) is 3. The van der Waals surface area contributed by atoms with E-state index in [0.29, 0.717) is 11.7 Å². The van der Waals surface area contributed by atoms with Gasteiger partial charge in [-0.25, -0.2) is 4.98 Å². The molecule has 1 N–H and O–H groups in total. The van der Waals surface area contributed by atoms with Crippen molar-refractivity contribution in [3.05, 3.63) is 30.1 Å². The number of aliphatic hydroxyl groups is 1. The van der Waals surface area contributed by atoms with Crippen LogP contribution in [-0.4, -0.2) is 31.8 Å². The van der Waals surface area contributed by atoms with Crippen molar-refractivity contribution in [2.24, 2.45) is 0 Å². The highest BCUT2D eigenvalue weighted by atomic mass is 32.2. The lowest BCUT2D eigenvalue weighted by atomic mass is 10.1. The Hall–Kier alpha value is -1.00. The van der Waals surface area contributed by atoms with Crippen molar-refractivity contribution >= 4 is 22.8 Å². The summed E-state index contributed by atoms with van der Waals surface area (Å²) in [6.07, 6.45) is 2.77. The maximum absolute atomic E-state index is 10.4. The van der Waals surface area contributed by atoms with Crippen molar-refractivity contribution in [3.8, 4) is 0 Å². The van der Waals surface area contributed by atoms with Crippen LogP contribution in [0.15, 0.2) is 24.3 Å². The molecule has 0 saturated carbocycles. The van der Waals surface area contributed by atoms with Crippen molar-refractivity contribution in [1.29, 1.82) is 0 Å². The number of rotatable bonds is 4. The number of aryl methyl sites for hydroxylation is 1. The monoisotopic (exact) mass is 276 g/mol. The van der Waals surface area contributed by atoms with Crippen molar-refractivity contribution in [2.75, 3.05) is 5.75 Å². The van der Waals surface area contributed by atoms with Gasteiger partial charge in [-0.3, -0.25) is 0 Å². The zero-order chi connectivity index (χ0) is 13.2. The molecule has 3 nitrogen and oxygen atoms in total. The summed E-state index contributed by atoms with van der Waals surface area (Å²) in [5.41, 5.74) is 2.21. The molecule has 0 amide bonds. The van der Waals surface area contributed by atoms with E-state index in [1.807, 2.05) is 30.0 Å². The van der Waals surface area contributed by atoms with Gasteiger partial charge in [0.25, 0.3) is 0 Å². The van der Waals surface area contributed by atoms with E-state index in [4.69, 9.17) is 0 Å². The van der Waals surface area contributed by atoms with Gasteiger partial charge in [0, 0.05) is 18.2 Å². The third-order valence-electron chi connectivity index (χ3n) is 3.84. The van der Waals surface area contributed by atoms with E-state index in [9.17, 15) is 5.11 Å². The Morgan fingerprint density at radius 1 is 1.47 bits per heavy atom. The molecule has 2 unspecified atom stereocenters. The molecule has 0 bridgehead atoms. The first-order chi connectivity index (χ1) is 9.29. The molecule has 3 rings (SSSR count). The van der Waals surface area contributed by atoms with Crippen LogP contribution in [0.25, 0.3) is 11.0 Å². The number of aliphatic hydroxyl groups excluding tert-OH is 1. The van der Waals surface area contributed by atoms with Gasteiger partial charge in [0.2, 0.25) is 0 Å². The largest absolute Gasteiger partial charge is 0.392 e. The molecule has 1 aromatic heterocycles. The molecule has 1 aliphatic rings. The molecule has 4 heteroatoms. The van der Waals surface area contributed by atoms with Gasteiger partial charge in [0.05, 0.1) is 17.1 Å². The number of para-hydroxylation sites is 2. The molecule has 0 radical (unpaired) electrons. The fraction of sp³-hybridized carbons (Fsp3) is 0.533. The minimum Gasteiger partial charge on any atom is -0.392 e. The second kappa shape index (κ2) is 5.55. The molecule has 0 aliphatic carbocycles. The fourth-order valence-corrected chi connectivity index (χ4v) is 4.15. The zero-order valence-electron chi connectivity index (χ0n) is 11.2. The number of nitrogens with zero attached hydrogens (tertiary/aromatic N) is 2. The van der Waals surface area contributed by atoms with E-state index < -0.39 is 0 Å². The van der Waals surface area contributed by atoms with Crippen LogP contribution in [-0.2, 0) is 13.0 Å². The molecule has 1 fully saturated rings. The summed E-state index contributed by atoms with van der Waals surface area (Å²) in [6.45, 7) is 3.04. The van der Waals surface area contributed by atoms with Crippen LogP contribution in [0.4, 0.5) is 0 Å². The molecule has 1 saturated heterocycles. The molecule has 2 atom stereocenters. The van der Waals surface area contributed by atoms with Crippen molar-refractivity contribution in [1.82, 2.24) is 9.55 Å². The maximum atomic E-state index is 10.4. The quantitative estimate of drug-likeness (QED) is 0.933. The Bertz CT molecular complexity index is 560. The lowest BCUT2D eigenvalue weighted by Crippen LogP contribution is -2.24. The van der Waals surface area contributed by atoms with Gasteiger partial charge in [-0.1, -0.05) is 12.1 Å². The van der Waals surface area contributed by atoms with E-state index in [1.165, 1.54) is 17.7 Å². The Balaban J connectivity index is 1.87. The second-order valence-electron chi connectivity index (χ2n) is 5.08. The molecule has 2 aromatic rings. The lowest BCUT2D eigenvalue weighted by molar-refractivity contribution is 0.167. The van der Waals surface area contributed by atoms with Gasteiger partial charge >= 0.3 is 0 Å². The number of aromatic nitrogens is 2. The van der Waals surface area contributed by atoms with Gasteiger partial charge in [0.15, 0.2) is 0 Å². The number of imidazole rings is 1. The number of hydrogen-bond donors (Lipinski definition) is 1. The summed E-state index contributed by atoms with van der Waals surface area (Å²) in [5, 5.41) is 10.8. The van der Waals surface area contributed by atoms with Crippen LogP contribution in [0.2, 0.25) is 0 Å². The van der Waals surface area contributed by atoms with Crippen LogP contribution < -0.4 is 0 Å². The van der Waals surface area contributed by atoms with E-state index >= 15 is 0 Å². The molecule has 1 aliphatic heterocycles. The highest BCUT2D eigenvalue weighted by molar-refractivity contribution is 8.00. The molecule has 102 valence electrons. The normalized spacial score (nSPS) is 21.1. The van der Waals surface area contributed by atoms with E-state index in [0.717, 1.165) is 24.3 Å². The average Bonchev–Trinajstić information content (AvgIpc) is 3.05. The SMILES string of the molecule is CCn1c(CC(O)C2CCCS2)nc2ccccc21. The average molecular weight is 276 g/mol. The van der Waals surface area contributed by atoms with Crippen molar-refractivity contribution in [2.45, 2.75) is 44.1 Å². The molecule has 2 heterocycles. The van der Waals surface area contributed by atoms with Crippen LogP contribution in [0.1, 0.15) is 25.6 Å². The van der Waals surface area contributed by atoms with Gasteiger partial charge in [0.1, 0.15) is 5.82 Å². The second-order valence-corrected chi connectivity index (χ2v) is 6.43. The Kier molecular flexibility index (Phi) is 3.80. The number of thioether (sulfide) groups is 1. The topological polar surface area (TPSA) is 38.0 Å².